The number of nitrogens with zero attached hydrogens (tertiary/aromatic N) is 2. The Hall–Kier alpha value is -0.740. The molecule has 0 amide bonds. The van der Waals surface area contributed by atoms with E-state index in [-0.39, 0.29) is 0 Å². The smallest absolute Gasteiger partial charge is 0.144 e. The van der Waals surface area contributed by atoms with Crippen LogP contribution in [0.25, 0.3) is 10.6 Å². The molecule has 2 aromatic rings. The highest BCUT2D eigenvalue weighted by Gasteiger charge is 1.98. The molecule has 2 aromatic heterocycles. The van der Waals surface area contributed by atoms with Gasteiger partial charge in [0, 0.05) is 10.9 Å². The second kappa shape index (κ2) is 2.48. The zero-order valence-electron chi connectivity index (χ0n) is 5.02. The normalized spacial score (nSPS) is 10.0. The summed E-state index contributed by atoms with van der Waals surface area (Å²) in [5, 5.41) is 5.11. The van der Waals surface area contributed by atoms with Crippen LogP contribution in [-0.4, -0.2) is 9.36 Å². The molecule has 2 nitrogen and oxygen atoms in total. The summed E-state index contributed by atoms with van der Waals surface area (Å²) in [4.78, 5) is 4.07. The molecule has 0 aliphatic heterocycles. The standard InChI is InChI=1S/C6H4N2S2/c1-2-9-3-5(1)6-7-4-8-10-6/h1-4H. The van der Waals surface area contributed by atoms with E-state index in [0.717, 1.165) is 5.01 Å². The van der Waals surface area contributed by atoms with Gasteiger partial charge in [-0.15, -0.1) is 0 Å². The van der Waals surface area contributed by atoms with Gasteiger partial charge in [0.25, 0.3) is 0 Å². The lowest BCUT2D eigenvalue weighted by Gasteiger charge is -1.81. The quantitative estimate of drug-likeness (QED) is 0.652. The molecule has 0 aliphatic carbocycles. The predicted octanol–water partition coefficient (Wildman–Crippen LogP) is 2.27. The van der Waals surface area contributed by atoms with Crippen LogP contribution in [0, 0.1) is 0 Å². The second-order valence-corrected chi connectivity index (χ2v) is 3.32. The molecule has 0 aliphatic rings. The third kappa shape index (κ3) is 0.955. The summed E-state index contributed by atoms with van der Waals surface area (Å²) >= 11 is 3.10. The lowest BCUT2D eigenvalue weighted by atomic mass is 10.4. The molecule has 0 saturated heterocycles. The molecule has 50 valence electrons. The van der Waals surface area contributed by atoms with Gasteiger partial charge in [0.15, 0.2) is 0 Å². The molecule has 0 spiro atoms. The van der Waals surface area contributed by atoms with Crippen molar-refractivity contribution in [3.63, 3.8) is 0 Å². The minimum Gasteiger partial charge on any atom is -0.223 e. The van der Waals surface area contributed by atoms with Crippen LogP contribution < -0.4 is 0 Å². The van der Waals surface area contributed by atoms with E-state index in [1.165, 1.54) is 17.1 Å². The maximum Gasteiger partial charge on any atom is 0.144 e. The zero-order valence-corrected chi connectivity index (χ0v) is 6.65. The molecule has 0 bridgehead atoms. The fraction of sp³-hybridized carbons (Fsp3) is 0. The summed E-state index contributed by atoms with van der Waals surface area (Å²) in [6, 6.07) is 2.05. The Bertz CT molecular complexity index is 253. The number of aromatic nitrogens is 2. The molecule has 0 atom stereocenters. The summed E-state index contributed by atoms with van der Waals surface area (Å²) in [7, 11) is 0. The van der Waals surface area contributed by atoms with Gasteiger partial charge in [0.1, 0.15) is 11.3 Å². The molecule has 0 aromatic carbocycles. The van der Waals surface area contributed by atoms with Crippen molar-refractivity contribution in [2.24, 2.45) is 0 Å². The first kappa shape index (κ1) is 6.00. The van der Waals surface area contributed by atoms with E-state index in [1.54, 1.807) is 17.7 Å². The Morgan fingerprint density at radius 3 is 3.00 bits per heavy atom. The van der Waals surface area contributed by atoms with Crippen molar-refractivity contribution < 1.29 is 0 Å². The molecule has 0 N–H and O–H groups in total. The SMILES string of the molecule is c1nsc(-c2ccsc2)n1. The van der Waals surface area contributed by atoms with Gasteiger partial charge in [0.2, 0.25) is 0 Å². The van der Waals surface area contributed by atoms with E-state index in [2.05, 4.69) is 14.7 Å². The van der Waals surface area contributed by atoms with E-state index >= 15 is 0 Å². The van der Waals surface area contributed by atoms with Crippen molar-refractivity contribution >= 4 is 22.9 Å². The van der Waals surface area contributed by atoms with Crippen LogP contribution in [0.5, 0.6) is 0 Å². The van der Waals surface area contributed by atoms with Crippen molar-refractivity contribution in [3.8, 4) is 10.6 Å². The largest absolute Gasteiger partial charge is 0.223 e. The molecule has 0 radical (unpaired) electrons. The molecule has 2 rings (SSSR count). The van der Waals surface area contributed by atoms with Crippen molar-refractivity contribution in [1.82, 2.24) is 9.36 Å². The van der Waals surface area contributed by atoms with E-state index in [9.17, 15) is 0 Å². The third-order valence-electron chi connectivity index (χ3n) is 1.13. The van der Waals surface area contributed by atoms with Crippen molar-refractivity contribution in [1.29, 1.82) is 0 Å². The average Bonchev–Trinajstić information content (AvgIpc) is 2.59. The molecule has 0 fully saturated rings. The minimum atomic E-state index is 1.00. The predicted molar refractivity (Wildman–Crippen MR) is 43.2 cm³/mol. The maximum atomic E-state index is 4.07. The zero-order chi connectivity index (χ0) is 6.81. The Morgan fingerprint density at radius 2 is 2.40 bits per heavy atom. The first-order valence-corrected chi connectivity index (χ1v) is 4.47. The summed E-state index contributed by atoms with van der Waals surface area (Å²) in [5.41, 5.74) is 1.17. The number of hydrogen-bond acceptors (Lipinski definition) is 4. The lowest BCUT2D eigenvalue weighted by molar-refractivity contribution is 1.33. The van der Waals surface area contributed by atoms with Gasteiger partial charge < -0.3 is 0 Å². The van der Waals surface area contributed by atoms with E-state index < -0.39 is 0 Å². The molecule has 10 heavy (non-hydrogen) atoms. The molecule has 2 heterocycles. The van der Waals surface area contributed by atoms with Crippen LogP contribution in [0.1, 0.15) is 0 Å². The summed E-state index contributed by atoms with van der Waals surface area (Å²) in [5.74, 6) is 0. The van der Waals surface area contributed by atoms with Gasteiger partial charge in [-0.1, -0.05) is 0 Å². The van der Waals surface area contributed by atoms with Gasteiger partial charge >= 0.3 is 0 Å². The van der Waals surface area contributed by atoms with Crippen molar-refractivity contribution in [3.05, 3.63) is 23.2 Å². The van der Waals surface area contributed by atoms with Crippen molar-refractivity contribution in [2.75, 3.05) is 0 Å². The van der Waals surface area contributed by atoms with Crippen LogP contribution in [0.4, 0.5) is 0 Å². The highest BCUT2D eigenvalue weighted by atomic mass is 32.1. The Balaban J connectivity index is 2.48. The first-order valence-electron chi connectivity index (χ1n) is 2.76. The minimum absolute atomic E-state index is 1.00. The Labute approximate surface area is 66.3 Å². The highest BCUT2D eigenvalue weighted by molar-refractivity contribution is 7.10. The fourth-order valence-corrected chi connectivity index (χ4v) is 1.92. The van der Waals surface area contributed by atoms with Gasteiger partial charge in [0.05, 0.1) is 0 Å². The van der Waals surface area contributed by atoms with Gasteiger partial charge in [-0.25, -0.2) is 4.98 Å². The van der Waals surface area contributed by atoms with Crippen LogP contribution in [0.2, 0.25) is 0 Å². The summed E-state index contributed by atoms with van der Waals surface area (Å²) < 4.78 is 3.91. The summed E-state index contributed by atoms with van der Waals surface area (Å²) in [6.07, 6.45) is 1.58. The number of hydrogen-bond donors (Lipinski definition) is 0. The lowest BCUT2D eigenvalue weighted by Crippen LogP contribution is -1.65. The molecular formula is C6H4N2S2. The second-order valence-electron chi connectivity index (χ2n) is 1.76. The van der Waals surface area contributed by atoms with Gasteiger partial charge in [-0.3, -0.25) is 0 Å². The molecule has 0 unspecified atom stereocenters. The molecular weight excluding hydrogens is 164 g/mol. The topological polar surface area (TPSA) is 25.8 Å². The highest BCUT2D eigenvalue weighted by Crippen LogP contribution is 2.21. The Morgan fingerprint density at radius 1 is 1.40 bits per heavy atom. The fourth-order valence-electron chi connectivity index (χ4n) is 0.686. The number of rotatable bonds is 1. The monoisotopic (exact) mass is 168 g/mol. The maximum absolute atomic E-state index is 4.07. The summed E-state index contributed by atoms with van der Waals surface area (Å²) in [6.45, 7) is 0. The van der Waals surface area contributed by atoms with Crippen LogP contribution >= 0.6 is 22.9 Å². The van der Waals surface area contributed by atoms with Gasteiger partial charge in [-0.2, -0.15) is 15.7 Å². The molecule has 0 saturated carbocycles. The van der Waals surface area contributed by atoms with Crippen LogP contribution in [0.3, 0.4) is 0 Å². The van der Waals surface area contributed by atoms with Crippen LogP contribution in [-0.2, 0) is 0 Å². The Kier molecular flexibility index (Phi) is 1.49. The number of thiophene rings is 1. The van der Waals surface area contributed by atoms with E-state index in [0.29, 0.717) is 0 Å². The molecule has 4 heteroatoms. The van der Waals surface area contributed by atoms with Crippen molar-refractivity contribution in [2.45, 2.75) is 0 Å². The average molecular weight is 168 g/mol. The first-order chi connectivity index (χ1) is 4.97. The van der Waals surface area contributed by atoms with Gasteiger partial charge in [-0.05, 0) is 23.0 Å². The van der Waals surface area contributed by atoms with Crippen LogP contribution in [0.15, 0.2) is 23.2 Å². The van der Waals surface area contributed by atoms with E-state index in [1.807, 2.05) is 11.4 Å². The van der Waals surface area contributed by atoms with E-state index in [4.69, 9.17) is 0 Å². The third-order valence-corrected chi connectivity index (χ3v) is 2.53.